The summed E-state index contributed by atoms with van der Waals surface area (Å²) in [6.45, 7) is 1.95. The summed E-state index contributed by atoms with van der Waals surface area (Å²) in [7, 11) is 0. The van der Waals surface area contributed by atoms with Crippen LogP contribution in [0, 0.1) is 17.5 Å². The first-order chi connectivity index (χ1) is 12.5. The number of rotatable bonds is 5. The van der Waals surface area contributed by atoms with Crippen molar-refractivity contribution in [2.45, 2.75) is 19.8 Å². The molecule has 0 saturated carbocycles. The van der Waals surface area contributed by atoms with Crippen molar-refractivity contribution in [1.29, 1.82) is 0 Å². The summed E-state index contributed by atoms with van der Waals surface area (Å²) in [5.74, 6) is -2.81. The fraction of sp³-hybridized carbons (Fsp3) is 0.158. The zero-order valence-corrected chi connectivity index (χ0v) is 13.9. The van der Waals surface area contributed by atoms with Crippen LogP contribution in [0.2, 0.25) is 0 Å². The lowest BCUT2D eigenvalue weighted by Gasteiger charge is -2.09. The van der Waals surface area contributed by atoms with Crippen LogP contribution in [0.3, 0.4) is 0 Å². The zero-order chi connectivity index (χ0) is 18.7. The van der Waals surface area contributed by atoms with Gasteiger partial charge in [0.1, 0.15) is 23.1 Å². The smallest absolute Gasteiger partial charge is 0.255 e. The van der Waals surface area contributed by atoms with Crippen molar-refractivity contribution in [2.24, 2.45) is 0 Å². The molecule has 0 radical (unpaired) electrons. The van der Waals surface area contributed by atoms with Crippen molar-refractivity contribution >= 4 is 11.6 Å². The summed E-state index contributed by atoms with van der Waals surface area (Å²) in [6.07, 6.45) is 1.37. The van der Waals surface area contributed by atoms with E-state index in [2.05, 4.69) is 15.5 Å². The highest BCUT2D eigenvalue weighted by Crippen LogP contribution is 2.30. The quantitative estimate of drug-likeness (QED) is 0.694. The molecule has 0 bridgehead atoms. The van der Waals surface area contributed by atoms with Gasteiger partial charge in [-0.15, -0.1) is 0 Å². The van der Waals surface area contributed by atoms with E-state index in [-0.39, 0.29) is 5.56 Å². The van der Waals surface area contributed by atoms with Crippen LogP contribution in [0.4, 0.5) is 18.9 Å². The van der Waals surface area contributed by atoms with E-state index < -0.39 is 23.4 Å². The Morgan fingerprint density at radius 2 is 1.81 bits per heavy atom. The maximum Gasteiger partial charge on any atom is 0.255 e. The number of nitrogens with one attached hydrogen (secondary N) is 2. The number of carbonyl (C=O) groups is 1. The van der Waals surface area contributed by atoms with Gasteiger partial charge in [0.2, 0.25) is 0 Å². The highest BCUT2D eigenvalue weighted by atomic mass is 19.1. The Morgan fingerprint density at radius 3 is 2.46 bits per heavy atom. The van der Waals surface area contributed by atoms with Crippen molar-refractivity contribution in [2.75, 3.05) is 5.32 Å². The van der Waals surface area contributed by atoms with E-state index >= 15 is 0 Å². The number of amides is 1. The number of anilines is 1. The highest BCUT2D eigenvalue weighted by molar-refractivity contribution is 6.06. The molecular formula is C19H16F3N3O. The zero-order valence-electron chi connectivity index (χ0n) is 13.9. The second-order valence-electron chi connectivity index (χ2n) is 5.80. The molecule has 1 amide bonds. The molecule has 7 heteroatoms. The average Bonchev–Trinajstić information content (AvgIpc) is 2.97. The van der Waals surface area contributed by atoms with Crippen molar-refractivity contribution < 1.29 is 18.0 Å². The minimum Gasteiger partial charge on any atom is -0.319 e. The van der Waals surface area contributed by atoms with Crippen molar-refractivity contribution in [3.63, 3.8) is 0 Å². The molecule has 0 fully saturated rings. The van der Waals surface area contributed by atoms with Gasteiger partial charge in [-0.2, -0.15) is 5.10 Å². The Kier molecular flexibility index (Phi) is 5.06. The van der Waals surface area contributed by atoms with E-state index in [4.69, 9.17) is 0 Å². The van der Waals surface area contributed by atoms with Crippen LogP contribution in [0.25, 0.3) is 11.3 Å². The number of hydrogen-bond donors (Lipinski definition) is 2. The number of benzene rings is 2. The summed E-state index contributed by atoms with van der Waals surface area (Å²) in [5, 5.41) is 9.66. The van der Waals surface area contributed by atoms with Gasteiger partial charge in [-0.25, -0.2) is 13.2 Å². The third-order valence-electron chi connectivity index (χ3n) is 3.80. The molecule has 0 aliphatic rings. The summed E-state index contributed by atoms with van der Waals surface area (Å²) in [6, 6.07) is 8.37. The number of H-pyrrole nitrogens is 1. The number of hydrogen-bond acceptors (Lipinski definition) is 2. The molecule has 2 aromatic carbocycles. The van der Waals surface area contributed by atoms with Crippen LogP contribution in [0.1, 0.15) is 29.4 Å². The molecule has 1 heterocycles. The van der Waals surface area contributed by atoms with Gasteiger partial charge in [-0.3, -0.25) is 9.89 Å². The lowest BCUT2D eigenvalue weighted by molar-refractivity contribution is 0.102. The monoisotopic (exact) mass is 359 g/mol. The molecule has 0 spiro atoms. The van der Waals surface area contributed by atoms with Crippen molar-refractivity contribution in [3.8, 4) is 11.3 Å². The number of carbonyl (C=O) groups excluding carboxylic acids is 1. The van der Waals surface area contributed by atoms with Gasteiger partial charge in [0, 0.05) is 17.2 Å². The fourth-order valence-corrected chi connectivity index (χ4v) is 2.66. The van der Waals surface area contributed by atoms with Crippen molar-refractivity contribution in [3.05, 3.63) is 71.2 Å². The molecule has 0 atom stereocenters. The molecule has 4 nitrogen and oxygen atoms in total. The van der Waals surface area contributed by atoms with Gasteiger partial charge in [0.05, 0.1) is 11.4 Å². The van der Waals surface area contributed by atoms with E-state index in [9.17, 15) is 18.0 Å². The van der Waals surface area contributed by atoms with Gasteiger partial charge in [0.25, 0.3) is 5.91 Å². The van der Waals surface area contributed by atoms with Gasteiger partial charge in [-0.05, 0) is 30.7 Å². The van der Waals surface area contributed by atoms with Gasteiger partial charge < -0.3 is 5.32 Å². The van der Waals surface area contributed by atoms with E-state index in [1.54, 1.807) is 6.07 Å². The molecule has 3 aromatic rings. The lowest BCUT2D eigenvalue weighted by Crippen LogP contribution is -2.14. The average molecular weight is 359 g/mol. The third-order valence-corrected chi connectivity index (χ3v) is 3.80. The Morgan fingerprint density at radius 1 is 1.08 bits per heavy atom. The Bertz CT molecular complexity index is 933. The van der Waals surface area contributed by atoms with E-state index in [1.165, 1.54) is 18.2 Å². The molecule has 0 unspecified atom stereocenters. The SMILES string of the molecule is CCCc1[nH]nc(-c2cccc(F)c2)c1NC(=O)c1cc(F)cc(F)c1. The molecule has 0 aliphatic carbocycles. The maximum absolute atomic E-state index is 13.5. The second-order valence-corrected chi connectivity index (χ2v) is 5.80. The lowest BCUT2D eigenvalue weighted by atomic mass is 10.1. The Balaban J connectivity index is 1.99. The van der Waals surface area contributed by atoms with Crippen LogP contribution in [-0.4, -0.2) is 16.1 Å². The number of aryl methyl sites for hydroxylation is 1. The van der Waals surface area contributed by atoms with E-state index in [1.807, 2.05) is 6.92 Å². The first kappa shape index (κ1) is 17.7. The summed E-state index contributed by atoms with van der Waals surface area (Å²) < 4.78 is 40.3. The van der Waals surface area contributed by atoms with Crippen LogP contribution in [-0.2, 0) is 6.42 Å². The minimum absolute atomic E-state index is 0.156. The van der Waals surface area contributed by atoms with Crippen LogP contribution >= 0.6 is 0 Å². The molecule has 26 heavy (non-hydrogen) atoms. The van der Waals surface area contributed by atoms with Crippen LogP contribution in [0.15, 0.2) is 42.5 Å². The normalized spacial score (nSPS) is 10.8. The molecule has 3 rings (SSSR count). The summed E-state index contributed by atoms with van der Waals surface area (Å²) in [5.41, 5.74) is 1.70. The second kappa shape index (κ2) is 7.43. The summed E-state index contributed by atoms with van der Waals surface area (Å²) >= 11 is 0. The molecule has 134 valence electrons. The molecule has 0 aliphatic heterocycles. The number of halogens is 3. The van der Waals surface area contributed by atoms with Crippen molar-refractivity contribution in [1.82, 2.24) is 10.2 Å². The fourth-order valence-electron chi connectivity index (χ4n) is 2.66. The van der Waals surface area contributed by atoms with Crippen LogP contribution < -0.4 is 5.32 Å². The van der Waals surface area contributed by atoms with E-state index in [0.717, 1.165) is 18.6 Å². The van der Waals surface area contributed by atoms with E-state index in [0.29, 0.717) is 35.1 Å². The number of nitrogens with zero attached hydrogens (tertiary/aromatic N) is 1. The van der Waals surface area contributed by atoms with Gasteiger partial charge in [-0.1, -0.05) is 25.5 Å². The summed E-state index contributed by atoms with van der Waals surface area (Å²) in [4.78, 5) is 12.5. The standard InChI is InChI=1S/C19H16F3N3O/c1-2-4-16-18(17(25-24-16)11-5-3-6-13(20)7-11)23-19(26)12-8-14(21)10-15(22)9-12/h3,5-10H,2,4H2,1H3,(H,23,26)(H,24,25). The Hall–Kier alpha value is -3.09. The molecular weight excluding hydrogens is 343 g/mol. The number of aromatic amines is 1. The maximum atomic E-state index is 13.5. The topological polar surface area (TPSA) is 57.8 Å². The predicted molar refractivity (Wildman–Crippen MR) is 92.3 cm³/mol. The highest BCUT2D eigenvalue weighted by Gasteiger charge is 2.19. The first-order valence-corrected chi connectivity index (χ1v) is 8.08. The molecule has 0 saturated heterocycles. The largest absolute Gasteiger partial charge is 0.319 e. The van der Waals surface area contributed by atoms with Crippen LogP contribution in [0.5, 0.6) is 0 Å². The minimum atomic E-state index is -0.846. The molecule has 1 aromatic heterocycles. The molecule has 2 N–H and O–H groups in total. The Labute approximate surface area is 148 Å². The van der Waals surface area contributed by atoms with Gasteiger partial charge in [0.15, 0.2) is 0 Å². The third kappa shape index (κ3) is 3.77. The first-order valence-electron chi connectivity index (χ1n) is 8.08. The predicted octanol–water partition coefficient (Wildman–Crippen LogP) is 4.70. The van der Waals surface area contributed by atoms with Gasteiger partial charge >= 0.3 is 0 Å². The number of aromatic nitrogens is 2.